The van der Waals surface area contributed by atoms with Crippen molar-refractivity contribution in [3.8, 4) is 0 Å². The van der Waals surface area contributed by atoms with Crippen molar-refractivity contribution in [2.75, 3.05) is 0 Å². The van der Waals surface area contributed by atoms with Gasteiger partial charge < -0.3 is 0 Å². The van der Waals surface area contributed by atoms with Crippen molar-refractivity contribution in [3.63, 3.8) is 0 Å². The third-order valence-electron chi connectivity index (χ3n) is 5.49. The fourth-order valence-corrected chi connectivity index (χ4v) is 4.34. The molecular weight excluding hydrogens is 196 g/mol. The van der Waals surface area contributed by atoms with E-state index in [1.165, 1.54) is 24.8 Å². The summed E-state index contributed by atoms with van der Waals surface area (Å²) in [5, 5.41) is 0. The molecule has 88 valence electrons. The van der Waals surface area contributed by atoms with Gasteiger partial charge in [0.05, 0.1) is 0 Å². The summed E-state index contributed by atoms with van der Waals surface area (Å²) < 4.78 is 0. The first kappa shape index (κ1) is 10.6. The minimum atomic E-state index is 0.361. The first-order valence-corrected chi connectivity index (χ1v) is 6.72. The lowest BCUT2D eigenvalue weighted by atomic mass is 9.52. The van der Waals surface area contributed by atoms with Crippen molar-refractivity contribution in [3.05, 3.63) is 11.6 Å². The normalized spacial score (nSPS) is 45.2. The third-order valence-corrected chi connectivity index (χ3v) is 5.49. The van der Waals surface area contributed by atoms with Gasteiger partial charge in [-0.15, -0.1) is 0 Å². The van der Waals surface area contributed by atoms with E-state index in [0.29, 0.717) is 29.0 Å². The van der Waals surface area contributed by atoms with Crippen LogP contribution in [0.3, 0.4) is 0 Å². The van der Waals surface area contributed by atoms with Crippen molar-refractivity contribution in [2.45, 2.75) is 46.5 Å². The van der Waals surface area contributed by atoms with Gasteiger partial charge in [0, 0.05) is 5.92 Å². The zero-order valence-corrected chi connectivity index (χ0v) is 10.6. The van der Waals surface area contributed by atoms with Gasteiger partial charge in [0.15, 0.2) is 5.78 Å². The van der Waals surface area contributed by atoms with Crippen LogP contribution in [-0.4, -0.2) is 5.78 Å². The number of carbonyl (C=O) groups is 1. The molecule has 0 aromatic rings. The van der Waals surface area contributed by atoms with E-state index >= 15 is 0 Å². The topological polar surface area (TPSA) is 17.1 Å². The molecule has 0 radical (unpaired) electrons. The summed E-state index contributed by atoms with van der Waals surface area (Å²) in [6, 6.07) is 0. The van der Waals surface area contributed by atoms with Crippen LogP contribution in [0.15, 0.2) is 11.6 Å². The smallest absolute Gasteiger partial charge is 0.159 e. The van der Waals surface area contributed by atoms with Crippen LogP contribution in [0.25, 0.3) is 0 Å². The molecule has 3 rings (SSSR count). The largest absolute Gasteiger partial charge is 0.295 e. The van der Waals surface area contributed by atoms with E-state index in [9.17, 15) is 4.79 Å². The summed E-state index contributed by atoms with van der Waals surface area (Å²) in [7, 11) is 0. The van der Waals surface area contributed by atoms with E-state index in [0.717, 1.165) is 12.3 Å². The molecule has 3 aliphatic carbocycles. The van der Waals surface area contributed by atoms with Gasteiger partial charge in [0.1, 0.15) is 0 Å². The van der Waals surface area contributed by atoms with Crippen LogP contribution in [0, 0.1) is 29.1 Å². The maximum Gasteiger partial charge on any atom is 0.159 e. The Labute approximate surface area is 98.3 Å². The van der Waals surface area contributed by atoms with E-state index in [2.05, 4.69) is 20.8 Å². The number of hydrogen-bond donors (Lipinski definition) is 0. The van der Waals surface area contributed by atoms with Crippen molar-refractivity contribution in [2.24, 2.45) is 29.1 Å². The molecule has 16 heavy (non-hydrogen) atoms. The number of carbonyl (C=O) groups excluding carboxylic acids is 1. The first-order valence-electron chi connectivity index (χ1n) is 6.72. The quantitative estimate of drug-likeness (QED) is 0.607. The van der Waals surface area contributed by atoms with E-state index in [1.807, 2.05) is 6.08 Å². The van der Waals surface area contributed by atoms with Crippen molar-refractivity contribution in [1.29, 1.82) is 0 Å². The summed E-state index contributed by atoms with van der Waals surface area (Å²) in [6.07, 6.45) is 6.91. The molecule has 0 N–H and O–H groups in total. The zero-order chi connectivity index (χ0) is 11.5. The van der Waals surface area contributed by atoms with Gasteiger partial charge in [0.25, 0.3) is 0 Å². The molecule has 4 atom stereocenters. The summed E-state index contributed by atoms with van der Waals surface area (Å²) in [6.45, 7) is 7.06. The number of hydrogen-bond acceptors (Lipinski definition) is 1. The Hall–Kier alpha value is -0.590. The Balaban J connectivity index is 1.98. The van der Waals surface area contributed by atoms with Crippen LogP contribution in [0.5, 0.6) is 0 Å². The summed E-state index contributed by atoms with van der Waals surface area (Å²) in [5.41, 5.74) is 1.89. The number of ketones is 1. The van der Waals surface area contributed by atoms with E-state index in [1.54, 1.807) is 0 Å². The number of allylic oxidation sites excluding steroid dienone is 2. The van der Waals surface area contributed by atoms with Gasteiger partial charge in [-0.1, -0.05) is 26.3 Å². The van der Waals surface area contributed by atoms with Crippen LogP contribution < -0.4 is 0 Å². The van der Waals surface area contributed by atoms with E-state index < -0.39 is 0 Å². The molecule has 0 heterocycles. The molecule has 0 spiro atoms. The van der Waals surface area contributed by atoms with Crippen LogP contribution >= 0.6 is 0 Å². The molecule has 3 aliphatic rings. The highest BCUT2D eigenvalue weighted by atomic mass is 16.1. The van der Waals surface area contributed by atoms with Gasteiger partial charge in [0.2, 0.25) is 0 Å². The second kappa shape index (κ2) is 3.21. The lowest BCUT2D eigenvalue weighted by Crippen LogP contribution is -2.47. The highest BCUT2D eigenvalue weighted by Crippen LogP contribution is 2.57. The minimum Gasteiger partial charge on any atom is -0.295 e. The average molecular weight is 218 g/mol. The molecule has 2 bridgehead atoms. The zero-order valence-electron chi connectivity index (χ0n) is 10.6. The molecule has 0 aromatic heterocycles. The second-order valence-corrected chi connectivity index (χ2v) is 6.91. The number of rotatable bonds is 0. The van der Waals surface area contributed by atoms with Gasteiger partial charge in [-0.25, -0.2) is 0 Å². The van der Waals surface area contributed by atoms with Crippen molar-refractivity contribution >= 4 is 5.78 Å². The fraction of sp³-hybridized carbons (Fsp3) is 0.800. The Kier molecular flexibility index (Phi) is 2.12. The maximum atomic E-state index is 12.2. The molecule has 1 heteroatoms. The molecule has 2 saturated carbocycles. The van der Waals surface area contributed by atoms with Gasteiger partial charge in [-0.05, 0) is 54.9 Å². The standard InChI is InChI=1S/C15H22O/c1-9-6-11-12-7-10(4-5-15(12,2)3)8-13(16)14(9)11/h8-9,11-12,14H,4-7H2,1-3H3. The van der Waals surface area contributed by atoms with E-state index in [4.69, 9.17) is 0 Å². The molecular formula is C15H22O. The maximum absolute atomic E-state index is 12.2. The van der Waals surface area contributed by atoms with Crippen LogP contribution in [-0.2, 0) is 4.79 Å². The molecule has 0 saturated heterocycles. The van der Waals surface area contributed by atoms with Gasteiger partial charge in [-0.3, -0.25) is 4.79 Å². The van der Waals surface area contributed by atoms with Crippen molar-refractivity contribution in [1.82, 2.24) is 0 Å². The molecule has 1 nitrogen and oxygen atoms in total. The predicted octanol–water partition coefficient (Wildman–Crippen LogP) is 3.59. The first-order chi connectivity index (χ1) is 7.49. The fourth-order valence-electron chi connectivity index (χ4n) is 4.34. The lowest BCUT2D eigenvalue weighted by molar-refractivity contribution is -0.130. The average Bonchev–Trinajstić information content (AvgIpc) is 2.26. The molecule has 0 aliphatic heterocycles. The highest BCUT2D eigenvalue weighted by Gasteiger charge is 2.52. The Morgan fingerprint density at radius 3 is 2.81 bits per heavy atom. The SMILES string of the molecule is CC1CC2C1C(=O)C=C1CCC(C)(C)C2C1. The summed E-state index contributed by atoms with van der Waals surface area (Å²) >= 11 is 0. The second-order valence-electron chi connectivity index (χ2n) is 6.91. The Bertz CT molecular complexity index is 364. The van der Waals surface area contributed by atoms with Crippen LogP contribution in [0.1, 0.15) is 46.5 Å². The Morgan fingerprint density at radius 1 is 1.38 bits per heavy atom. The van der Waals surface area contributed by atoms with Gasteiger partial charge in [-0.2, -0.15) is 0 Å². The van der Waals surface area contributed by atoms with Crippen molar-refractivity contribution < 1.29 is 4.79 Å². The number of fused-ring (bicyclic) bond motifs is 4. The lowest BCUT2D eigenvalue weighted by Gasteiger charge is -2.51. The Morgan fingerprint density at radius 2 is 2.12 bits per heavy atom. The summed E-state index contributed by atoms with van der Waals surface area (Å²) in [4.78, 5) is 12.2. The highest BCUT2D eigenvalue weighted by molar-refractivity contribution is 5.94. The molecule has 0 amide bonds. The van der Waals surface area contributed by atoms with Crippen LogP contribution in [0.2, 0.25) is 0 Å². The van der Waals surface area contributed by atoms with E-state index in [-0.39, 0.29) is 0 Å². The monoisotopic (exact) mass is 218 g/mol. The molecule has 2 fully saturated rings. The predicted molar refractivity (Wildman–Crippen MR) is 65.0 cm³/mol. The third kappa shape index (κ3) is 1.33. The minimum absolute atomic E-state index is 0.361. The molecule has 0 aromatic carbocycles. The van der Waals surface area contributed by atoms with Gasteiger partial charge >= 0.3 is 0 Å². The molecule has 4 unspecified atom stereocenters. The van der Waals surface area contributed by atoms with Crippen LogP contribution in [0.4, 0.5) is 0 Å². The summed E-state index contributed by atoms with van der Waals surface area (Å²) in [5.74, 6) is 2.88.